The third-order valence-electron chi connectivity index (χ3n) is 5.59. The molecule has 0 radical (unpaired) electrons. The lowest BCUT2D eigenvalue weighted by Gasteiger charge is -2.32. The van der Waals surface area contributed by atoms with Crippen LogP contribution in [0.15, 0.2) is 42.5 Å². The Bertz CT molecular complexity index is 928. The number of amides is 2. The maximum atomic E-state index is 13.8. The van der Waals surface area contributed by atoms with Gasteiger partial charge in [-0.15, -0.1) is 0 Å². The smallest absolute Gasteiger partial charge is 0.254 e. The monoisotopic (exact) mass is 398 g/mol. The predicted molar refractivity (Wildman–Crippen MR) is 105 cm³/mol. The van der Waals surface area contributed by atoms with E-state index in [0.29, 0.717) is 29.7 Å². The Kier molecular flexibility index (Phi) is 5.24. The lowest BCUT2D eigenvalue weighted by molar-refractivity contribution is 0.0562. The van der Waals surface area contributed by atoms with Crippen molar-refractivity contribution in [3.05, 3.63) is 64.7 Å². The van der Waals surface area contributed by atoms with Crippen LogP contribution in [0.5, 0.6) is 5.75 Å². The number of carbonyl (C=O) groups excluding carboxylic acids is 2. The highest BCUT2D eigenvalue weighted by Crippen LogP contribution is 2.45. The quantitative estimate of drug-likeness (QED) is 0.720. The first kappa shape index (κ1) is 19.4. The Morgan fingerprint density at radius 3 is 2.52 bits per heavy atom. The number of halogens is 1. The molecule has 2 amide bonds. The number of aliphatic hydroxyl groups excluding tert-OH is 1. The van der Waals surface area contributed by atoms with E-state index in [9.17, 15) is 19.1 Å². The van der Waals surface area contributed by atoms with Gasteiger partial charge in [0.25, 0.3) is 11.8 Å². The number of carbonyl (C=O) groups is 2. The molecular formula is C22H23FN2O4. The number of alkyl halides is 1. The molecule has 6 nitrogen and oxygen atoms in total. The molecule has 2 atom stereocenters. The van der Waals surface area contributed by atoms with Crippen LogP contribution in [0.1, 0.15) is 50.6 Å². The zero-order valence-corrected chi connectivity index (χ0v) is 16.0. The van der Waals surface area contributed by atoms with Gasteiger partial charge in [0.05, 0.1) is 17.6 Å². The highest BCUT2D eigenvalue weighted by Gasteiger charge is 2.39. The summed E-state index contributed by atoms with van der Waals surface area (Å²) < 4.78 is 19.6. The first-order chi connectivity index (χ1) is 14.0. The van der Waals surface area contributed by atoms with Gasteiger partial charge >= 0.3 is 0 Å². The van der Waals surface area contributed by atoms with Crippen molar-refractivity contribution in [1.29, 1.82) is 0 Å². The van der Waals surface area contributed by atoms with Crippen LogP contribution in [0.2, 0.25) is 0 Å². The third kappa shape index (κ3) is 3.58. The van der Waals surface area contributed by atoms with E-state index < -0.39 is 24.6 Å². The molecule has 152 valence electrons. The summed E-state index contributed by atoms with van der Waals surface area (Å²) in [4.78, 5) is 25.2. The molecule has 2 aromatic rings. The van der Waals surface area contributed by atoms with Crippen LogP contribution in [0, 0.1) is 0 Å². The van der Waals surface area contributed by atoms with Crippen LogP contribution in [0.25, 0.3) is 0 Å². The van der Waals surface area contributed by atoms with Crippen molar-refractivity contribution >= 4 is 11.8 Å². The third-order valence-corrected chi connectivity index (χ3v) is 5.59. The van der Waals surface area contributed by atoms with Crippen molar-refractivity contribution in [3.8, 4) is 5.75 Å². The van der Waals surface area contributed by atoms with Crippen LogP contribution in [-0.2, 0) is 0 Å². The second kappa shape index (κ2) is 7.83. The van der Waals surface area contributed by atoms with Crippen LogP contribution in [0.4, 0.5) is 4.39 Å². The summed E-state index contributed by atoms with van der Waals surface area (Å²) in [6.07, 6.45) is -0.129. The molecule has 1 saturated carbocycles. The van der Waals surface area contributed by atoms with E-state index in [1.807, 2.05) is 30.3 Å². The topological polar surface area (TPSA) is 87.7 Å². The number of hydrogen-bond acceptors (Lipinski definition) is 4. The number of rotatable bonds is 5. The SMILES string of the molecule is CNC(=O)c1cc(C(=O)N[C@H]2C[C@H](O)C2)cc2c1O[C@H](CF)[C@H]2c1ccccc1. The summed E-state index contributed by atoms with van der Waals surface area (Å²) in [6.45, 7) is -0.719. The summed E-state index contributed by atoms with van der Waals surface area (Å²) in [5.74, 6) is -0.832. The number of aliphatic hydroxyl groups is 1. The Morgan fingerprint density at radius 1 is 1.17 bits per heavy atom. The van der Waals surface area contributed by atoms with E-state index in [-0.39, 0.29) is 23.6 Å². The maximum absolute atomic E-state index is 13.8. The summed E-state index contributed by atoms with van der Waals surface area (Å²) in [7, 11) is 1.49. The molecule has 0 unspecified atom stereocenters. The summed E-state index contributed by atoms with van der Waals surface area (Å²) in [5, 5.41) is 14.9. The van der Waals surface area contributed by atoms with Gasteiger partial charge in [-0.05, 0) is 30.5 Å². The molecule has 2 aliphatic rings. The van der Waals surface area contributed by atoms with E-state index in [1.54, 1.807) is 6.07 Å². The fourth-order valence-corrected chi connectivity index (χ4v) is 4.02. The van der Waals surface area contributed by atoms with E-state index in [1.165, 1.54) is 13.1 Å². The van der Waals surface area contributed by atoms with Crippen LogP contribution < -0.4 is 15.4 Å². The number of hydrogen-bond donors (Lipinski definition) is 3. The molecule has 2 aromatic carbocycles. The molecule has 0 spiro atoms. The zero-order chi connectivity index (χ0) is 20.5. The van der Waals surface area contributed by atoms with Crippen molar-refractivity contribution in [2.24, 2.45) is 0 Å². The molecule has 0 aromatic heterocycles. The van der Waals surface area contributed by atoms with Crippen molar-refractivity contribution in [2.45, 2.75) is 37.0 Å². The largest absolute Gasteiger partial charge is 0.486 e. The molecule has 1 aliphatic carbocycles. The van der Waals surface area contributed by atoms with Gasteiger partial charge in [0, 0.05) is 24.2 Å². The first-order valence-electron chi connectivity index (χ1n) is 9.68. The van der Waals surface area contributed by atoms with Crippen molar-refractivity contribution in [1.82, 2.24) is 10.6 Å². The van der Waals surface area contributed by atoms with Crippen molar-refractivity contribution in [3.63, 3.8) is 0 Å². The number of fused-ring (bicyclic) bond motifs is 1. The van der Waals surface area contributed by atoms with Gasteiger partial charge in [-0.1, -0.05) is 30.3 Å². The minimum atomic E-state index is -0.768. The minimum Gasteiger partial charge on any atom is -0.486 e. The van der Waals surface area contributed by atoms with E-state index in [2.05, 4.69) is 10.6 Å². The molecule has 1 fully saturated rings. The number of nitrogens with one attached hydrogen (secondary N) is 2. The Hall–Kier alpha value is -2.93. The highest BCUT2D eigenvalue weighted by atomic mass is 19.1. The predicted octanol–water partition coefficient (Wildman–Crippen LogP) is 2.16. The molecule has 1 heterocycles. The fraction of sp³-hybridized carbons (Fsp3) is 0.364. The lowest BCUT2D eigenvalue weighted by Crippen LogP contribution is -2.46. The summed E-state index contributed by atoms with van der Waals surface area (Å²) in [5.41, 5.74) is 2.00. The Labute approximate surface area is 168 Å². The van der Waals surface area contributed by atoms with Gasteiger partial charge in [-0.2, -0.15) is 0 Å². The second-order valence-electron chi connectivity index (χ2n) is 7.52. The second-order valence-corrected chi connectivity index (χ2v) is 7.52. The molecular weight excluding hydrogens is 375 g/mol. The van der Waals surface area contributed by atoms with Crippen LogP contribution in [-0.4, -0.2) is 48.9 Å². The molecule has 3 N–H and O–H groups in total. The van der Waals surface area contributed by atoms with Gasteiger partial charge in [0.15, 0.2) is 0 Å². The maximum Gasteiger partial charge on any atom is 0.254 e. The van der Waals surface area contributed by atoms with E-state index in [4.69, 9.17) is 4.74 Å². The highest BCUT2D eigenvalue weighted by molar-refractivity contribution is 6.02. The average molecular weight is 398 g/mol. The van der Waals surface area contributed by atoms with E-state index >= 15 is 0 Å². The standard InChI is InChI=1S/C22H23FN2O4/c1-24-22(28)17-8-13(21(27)25-14-9-15(26)10-14)7-16-19(12-5-3-2-4-6-12)18(11-23)29-20(16)17/h2-8,14-15,18-19,26H,9-11H2,1H3,(H,24,28)(H,25,27)/t14-,15-,18-,19+/m1/s1. The molecule has 29 heavy (non-hydrogen) atoms. The van der Waals surface area contributed by atoms with Crippen molar-refractivity contribution in [2.75, 3.05) is 13.7 Å². The average Bonchev–Trinajstić information content (AvgIpc) is 3.10. The molecule has 0 bridgehead atoms. The van der Waals surface area contributed by atoms with Crippen molar-refractivity contribution < 1.29 is 23.8 Å². The fourth-order valence-electron chi connectivity index (χ4n) is 4.02. The minimum absolute atomic E-state index is 0.0889. The van der Waals surface area contributed by atoms with Gasteiger partial charge in [0.2, 0.25) is 0 Å². The summed E-state index contributed by atoms with van der Waals surface area (Å²) >= 11 is 0. The normalized spacial score (nSPS) is 24.8. The molecule has 7 heteroatoms. The van der Waals surface area contributed by atoms with Gasteiger partial charge in [-0.25, -0.2) is 4.39 Å². The van der Waals surface area contributed by atoms with E-state index in [0.717, 1.165) is 5.56 Å². The Balaban J connectivity index is 1.76. The first-order valence-corrected chi connectivity index (χ1v) is 9.68. The van der Waals surface area contributed by atoms with Gasteiger partial charge < -0.3 is 20.5 Å². The van der Waals surface area contributed by atoms with Crippen LogP contribution >= 0.6 is 0 Å². The molecule has 0 saturated heterocycles. The number of ether oxygens (including phenoxy) is 1. The lowest BCUT2D eigenvalue weighted by atomic mass is 9.86. The summed E-state index contributed by atoms with van der Waals surface area (Å²) in [6, 6.07) is 12.4. The molecule has 1 aliphatic heterocycles. The molecule has 4 rings (SSSR count). The zero-order valence-electron chi connectivity index (χ0n) is 16.0. The van der Waals surface area contributed by atoms with Crippen LogP contribution in [0.3, 0.4) is 0 Å². The van der Waals surface area contributed by atoms with Gasteiger partial charge in [-0.3, -0.25) is 9.59 Å². The van der Waals surface area contributed by atoms with Gasteiger partial charge in [0.1, 0.15) is 18.5 Å². The Morgan fingerprint density at radius 2 is 1.90 bits per heavy atom. The number of benzene rings is 2.